The van der Waals surface area contributed by atoms with E-state index in [-0.39, 0.29) is 13.2 Å². The molecule has 0 aliphatic carbocycles. The van der Waals surface area contributed by atoms with Crippen LogP contribution >= 0.6 is 0 Å². The van der Waals surface area contributed by atoms with Gasteiger partial charge in [0.05, 0.1) is 24.4 Å². The molecular weight excluding hydrogens is 299 g/mol. The summed E-state index contributed by atoms with van der Waals surface area (Å²) in [6, 6.07) is 6.34. The van der Waals surface area contributed by atoms with Gasteiger partial charge in [-0.1, -0.05) is 12.1 Å². The van der Waals surface area contributed by atoms with Crippen molar-refractivity contribution < 1.29 is 22.7 Å². The number of aromatic nitrogens is 2. The van der Waals surface area contributed by atoms with Crippen LogP contribution in [0, 0.1) is 0 Å². The lowest BCUT2D eigenvalue weighted by atomic mass is 10.1. The molecule has 0 unspecified atom stereocenters. The first-order valence-corrected chi connectivity index (χ1v) is 6.47. The van der Waals surface area contributed by atoms with Gasteiger partial charge in [-0.2, -0.15) is 18.3 Å². The Hall–Kier alpha value is -2.51. The first-order valence-electron chi connectivity index (χ1n) is 6.47. The molecule has 0 saturated carbocycles. The fourth-order valence-electron chi connectivity index (χ4n) is 1.89. The molecule has 1 heterocycles. The highest BCUT2D eigenvalue weighted by Crippen LogP contribution is 2.31. The van der Waals surface area contributed by atoms with Gasteiger partial charge in [-0.3, -0.25) is 4.68 Å². The van der Waals surface area contributed by atoms with E-state index < -0.39 is 23.5 Å². The van der Waals surface area contributed by atoms with Crippen LogP contribution in [0.15, 0.2) is 30.5 Å². The Balaban J connectivity index is 2.13. The molecule has 0 spiro atoms. The Kier molecular flexibility index (Phi) is 4.39. The summed E-state index contributed by atoms with van der Waals surface area (Å²) in [7, 11) is 0. The maximum absolute atomic E-state index is 12.6. The van der Waals surface area contributed by atoms with Crippen LogP contribution in [-0.2, 0) is 17.5 Å². The molecular formula is C14H14F3N3O2. The van der Waals surface area contributed by atoms with E-state index in [0.29, 0.717) is 11.1 Å². The van der Waals surface area contributed by atoms with Crippen molar-refractivity contribution in [3.05, 3.63) is 47.3 Å². The third kappa shape index (κ3) is 3.57. The van der Waals surface area contributed by atoms with Crippen LogP contribution in [0.3, 0.4) is 0 Å². The second kappa shape index (κ2) is 6.08. The number of hydrogen-bond acceptors (Lipinski definition) is 4. The highest BCUT2D eigenvalue weighted by molar-refractivity contribution is 5.89. The number of anilines is 1. The summed E-state index contributed by atoms with van der Waals surface area (Å²) in [6.07, 6.45) is -3.45. The van der Waals surface area contributed by atoms with Crippen LogP contribution in [0.25, 0.3) is 0 Å². The molecule has 1 aromatic heterocycles. The van der Waals surface area contributed by atoms with Crippen LogP contribution in [0.5, 0.6) is 0 Å². The van der Waals surface area contributed by atoms with Crippen LogP contribution < -0.4 is 5.73 Å². The summed E-state index contributed by atoms with van der Waals surface area (Å²) in [4.78, 5) is 11.5. The van der Waals surface area contributed by atoms with Crippen molar-refractivity contribution in [2.75, 3.05) is 12.3 Å². The molecule has 0 aliphatic heterocycles. The Morgan fingerprint density at radius 1 is 1.32 bits per heavy atom. The molecule has 8 heteroatoms. The predicted octanol–water partition coefficient (Wildman–Crippen LogP) is 2.71. The highest BCUT2D eigenvalue weighted by atomic mass is 19.4. The fourth-order valence-corrected chi connectivity index (χ4v) is 1.89. The third-order valence-corrected chi connectivity index (χ3v) is 2.87. The third-order valence-electron chi connectivity index (χ3n) is 2.87. The van der Waals surface area contributed by atoms with E-state index in [1.807, 2.05) is 0 Å². The first-order chi connectivity index (χ1) is 10.3. The minimum atomic E-state index is -4.58. The second-order valence-electron chi connectivity index (χ2n) is 4.55. The molecule has 0 saturated heterocycles. The van der Waals surface area contributed by atoms with E-state index in [1.165, 1.54) is 0 Å². The lowest BCUT2D eigenvalue weighted by molar-refractivity contribution is -0.140. The standard InChI is InChI=1S/C14H14F3N3O2/c1-2-22-13(21)10-5-3-9(4-6-10)7-20-8-11(18)12(19-20)14(15,16)17/h3-6,8H,2,7,18H2,1H3. The monoisotopic (exact) mass is 313 g/mol. The highest BCUT2D eigenvalue weighted by Gasteiger charge is 2.36. The topological polar surface area (TPSA) is 70.1 Å². The quantitative estimate of drug-likeness (QED) is 0.881. The zero-order valence-corrected chi connectivity index (χ0v) is 11.7. The van der Waals surface area contributed by atoms with E-state index in [4.69, 9.17) is 10.5 Å². The maximum atomic E-state index is 12.6. The molecule has 0 fully saturated rings. The molecule has 0 amide bonds. The van der Waals surface area contributed by atoms with Crippen LogP contribution in [-0.4, -0.2) is 22.4 Å². The first kappa shape index (κ1) is 15.9. The normalized spacial score (nSPS) is 11.5. The summed E-state index contributed by atoms with van der Waals surface area (Å²) in [5.41, 5.74) is 4.85. The zero-order chi connectivity index (χ0) is 16.3. The van der Waals surface area contributed by atoms with Gasteiger partial charge in [-0.05, 0) is 24.6 Å². The molecule has 0 radical (unpaired) electrons. The maximum Gasteiger partial charge on any atom is 0.437 e. The van der Waals surface area contributed by atoms with E-state index in [1.54, 1.807) is 31.2 Å². The van der Waals surface area contributed by atoms with Crippen LogP contribution in [0.4, 0.5) is 18.9 Å². The van der Waals surface area contributed by atoms with E-state index in [9.17, 15) is 18.0 Å². The number of hydrogen-bond donors (Lipinski definition) is 1. The van der Waals surface area contributed by atoms with Gasteiger partial charge >= 0.3 is 12.1 Å². The van der Waals surface area contributed by atoms with Crippen molar-refractivity contribution in [2.24, 2.45) is 0 Å². The fraction of sp³-hybridized carbons (Fsp3) is 0.286. The van der Waals surface area contributed by atoms with E-state index in [2.05, 4.69) is 5.10 Å². The number of alkyl halides is 3. The summed E-state index contributed by atoms with van der Waals surface area (Å²) < 4.78 is 43.8. The van der Waals surface area contributed by atoms with E-state index in [0.717, 1.165) is 10.9 Å². The summed E-state index contributed by atoms with van der Waals surface area (Å²) >= 11 is 0. The summed E-state index contributed by atoms with van der Waals surface area (Å²) in [5.74, 6) is -0.447. The van der Waals surface area contributed by atoms with Gasteiger partial charge in [0.2, 0.25) is 0 Å². The van der Waals surface area contributed by atoms with Crippen molar-refractivity contribution in [2.45, 2.75) is 19.6 Å². The van der Waals surface area contributed by atoms with Gasteiger partial charge < -0.3 is 10.5 Å². The Morgan fingerprint density at radius 2 is 1.95 bits per heavy atom. The van der Waals surface area contributed by atoms with Gasteiger partial charge in [0.15, 0.2) is 5.69 Å². The SMILES string of the molecule is CCOC(=O)c1ccc(Cn2cc(N)c(C(F)(F)F)n2)cc1. The van der Waals surface area contributed by atoms with E-state index >= 15 is 0 Å². The Labute approximate surface area is 124 Å². The van der Waals surface area contributed by atoms with Gasteiger partial charge in [0, 0.05) is 6.20 Å². The number of benzene rings is 1. The van der Waals surface area contributed by atoms with Gasteiger partial charge in [-0.25, -0.2) is 4.79 Å². The minimum Gasteiger partial charge on any atom is -0.462 e. The van der Waals surface area contributed by atoms with Crippen LogP contribution in [0.1, 0.15) is 28.5 Å². The Bertz CT molecular complexity index is 663. The number of carbonyl (C=O) groups is 1. The van der Waals surface area contributed by atoms with Crippen molar-refractivity contribution in [3.8, 4) is 0 Å². The lowest BCUT2D eigenvalue weighted by Crippen LogP contribution is -2.10. The van der Waals surface area contributed by atoms with Gasteiger partial charge in [-0.15, -0.1) is 0 Å². The second-order valence-corrected chi connectivity index (χ2v) is 4.55. The minimum absolute atomic E-state index is 0.114. The molecule has 0 aliphatic rings. The molecule has 118 valence electrons. The molecule has 0 atom stereocenters. The summed E-state index contributed by atoms with van der Waals surface area (Å²) in [6.45, 7) is 2.09. The number of nitrogens with zero attached hydrogens (tertiary/aromatic N) is 2. The summed E-state index contributed by atoms with van der Waals surface area (Å²) in [5, 5.41) is 3.44. The molecule has 1 aromatic carbocycles. The average Bonchev–Trinajstić information content (AvgIpc) is 2.80. The number of nitrogen functional groups attached to an aromatic ring is 1. The molecule has 2 rings (SSSR count). The van der Waals surface area contributed by atoms with Crippen molar-refractivity contribution in [1.82, 2.24) is 9.78 Å². The molecule has 5 nitrogen and oxygen atoms in total. The zero-order valence-electron chi connectivity index (χ0n) is 11.7. The number of carbonyl (C=O) groups excluding carboxylic acids is 1. The van der Waals surface area contributed by atoms with Crippen molar-refractivity contribution in [1.29, 1.82) is 0 Å². The average molecular weight is 313 g/mol. The van der Waals surface area contributed by atoms with Gasteiger partial charge in [0.25, 0.3) is 0 Å². The number of rotatable bonds is 4. The number of esters is 1. The van der Waals surface area contributed by atoms with Gasteiger partial charge in [0.1, 0.15) is 0 Å². The molecule has 2 N–H and O–H groups in total. The smallest absolute Gasteiger partial charge is 0.437 e. The lowest BCUT2D eigenvalue weighted by Gasteiger charge is -2.05. The van der Waals surface area contributed by atoms with Crippen LogP contribution in [0.2, 0.25) is 0 Å². The van der Waals surface area contributed by atoms with Crippen molar-refractivity contribution >= 4 is 11.7 Å². The number of halogens is 3. The predicted molar refractivity (Wildman–Crippen MR) is 73.1 cm³/mol. The molecule has 22 heavy (non-hydrogen) atoms. The molecule has 2 aromatic rings. The Morgan fingerprint density at radius 3 is 2.45 bits per heavy atom. The number of nitrogens with two attached hydrogens (primary N) is 1. The molecule has 0 bridgehead atoms. The largest absolute Gasteiger partial charge is 0.462 e. The number of ether oxygens (including phenoxy) is 1. The van der Waals surface area contributed by atoms with Crippen molar-refractivity contribution in [3.63, 3.8) is 0 Å².